The van der Waals surface area contributed by atoms with Crippen LogP contribution in [0.4, 0.5) is 0 Å². The van der Waals surface area contributed by atoms with Gasteiger partial charge in [-0.15, -0.1) is 0 Å². The number of fused-ring (bicyclic) bond motifs is 1. The number of likely N-dealkylation sites (N-methyl/N-ethyl adjacent to an activating group) is 1. The molecule has 3 heterocycles. The van der Waals surface area contributed by atoms with Crippen LogP contribution in [-0.4, -0.2) is 43.2 Å². The zero-order chi connectivity index (χ0) is 20.4. The number of oxazole rings is 1. The summed E-state index contributed by atoms with van der Waals surface area (Å²) >= 11 is 0. The molecule has 1 atom stereocenters. The molecular weight excluding hydrogens is 374 g/mol. The first kappa shape index (κ1) is 19.1. The molecule has 4 rings (SSSR count). The van der Waals surface area contributed by atoms with Gasteiger partial charge in [0.05, 0.1) is 24.4 Å². The minimum Gasteiger partial charge on any atom is -0.468 e. The maximum absolute atomic E-state index is 12.5. The molecule has 152 valence electrons. The van der Waals surface area contributed by atoms with Crippen LogP contribution in [0, 0.1) is 6.92 Å². The van der Waals surface area contributed by atoms with Crippen molar-refractivity contribution in [2.45, 2.75) is 19.4 Å². The summed E-state index contributed by atoms with van der Waals surface area (Å²) < 4.78 is 22.0. The second-order valence-corrected chi connectivity index (χ2v) is 7.07. The first-order chi connectivity index (χ1) is 14.0. The summed E-state index contributed by atoms with van der Waals surface area (Å²) in [4.78, 5) is 19.0. The number of carbonyl (C=O) groups excluding carboxylic acids is 1. The number of aryl methyl sites for hydroxylation is 1. The predicted octanol–water partition coefficient (Wildman–Crippen LogP) is 2.93. The lowest BCUT2D eigenvalue weighted by atomic mass is 10.2. The van der Waals surface area contributed by atoms with Crippen LogP contribution >= 0.6 is 0 Å². The third-order valence-corrected chi connectivity index (χ3v) is 4.83. The van der Waals surface area contributed by atoms with E-state index in [2.05, 4.69) is 10.3 Å². The molecule has 3 aromatic rings. The fourth-order valence-electron chi connectivity index (χ4n) is 3.19. The van der Waals surface area contributed by atoms with Crippen LogP contribution in [0.3, 0.4) is 0 Å². The highest BCUT2D eigenvalue weighted by Gasteiger charge is 2.21. The van der Waals surface area contributed by atoms with Crippen molar-refractivity contribution < 1.29 is 23.1 Å². The monoisotopic (exact) mass is 397 g/mol. The van der Waals surface area contributed by atoms with Crippen molar-refractivity contribution in [1.29, 1.82) is 0 Å². The van der Waals surface area contributed by atoms with Gasteiger partial charge in [-0.05, 0) is 51.4 Å². The number of nitrogens with zero attached hydrogens (tertiary/aromatic N) is 2. The third kappa shape index (κ3) is 4.12. The molecule has 1 aliphatic heterocycles. The van der Waals surface area contributed by atoms with E-state index in [4.69, 9.17) is 18.3 Å². The van der Waals surface area contributed by atoms with Crippen LogP contribution in [0.15, 0.2) is 45.4 Å². The summed E-state index contributed by atoms with van der Waals surface area (Å²) in [5, 5.41) is 2.95. The molecule has 1 unspecified atom stereocenters. The summed E-state index contributed by atoms with van der Waals surface area (Å²) in [7, 11) is 3.89. The first-order valence-electron chi connectivity index (χ1n) is 9.34. The van der Waals surface area contributed by atoms with Crippen molar-refractivity contribution in [3.63, 3.8) is 0 Å². The van der Waals surface area contributed by atoms with Crippen molar-refractivity contribution in [3.8, 4) is 23.0 Å². The van der Waals surface area contributed by atoms with E-state index in [-0.39, 0.29) is 25.2 Å². The highest BCUT2D eigenvalue weighted by atomic mass is 16.7. The molecule has 0 aliphatic carbocycles. The fourth-order valence-corrected chi connectivity index (χ4v) is 3.19. The number of aromatic nitrogens is 1. The van der Waals surface area contributed by atoms with Crippen molar-refractivity contribution in [2.75, 3.05) is 27.4 Å². The maximum atomic E-state index is 12.5. The number of hydrogen-bond donors (Lipinski definition) is 1. The Hall–Kier alpha value is -3.26. The molecule has 8 heteroatoms. The van der Waals surface area contributed by atoms with Crippen molar-refractivity contribution in [3.05, 3.63) is 53.8 Å². The normalized spacial score (nSPS) is 13.7. The van der Waals surface area contributed by atoms with Crippen LogP contribution in [0.5, 0.6) is 11.5 Å². The molecule has 0 radical (unpaired) electrons. The maximum Gasteiger partial charge on any atom is 0.231 e. The van der Waals surface area contributed by atoms with E-state index in [1.165, 1.54) is 0 Å². The number of amides is 1. The Kier molecular flexibility index (Phi) is 5.26. The van der Waals surface area contributed by atoms with Gasteiger partial charge < -0.3 is 23.6 Å². The third-order valence-electron chi connectivity index (χ3n) is 4.83. The first-order valence-corrected chi connectivity index (χ1v) is 9.34. The van der Waals surface area contributed by atoms with Crippen LogP contribution in [0.1, 0.15) is 23.3 Å². The Morgan fingerprint density at radius 2 is 2.07 bits per heavy atom. The highest BCUT2D eigenvalue weighted by molar-refractivity contribution is 5.78. The number of nitrogens with one attached hydrogen (secondary N) is 1. The fraction of sp³-hybridized carbons (Fsp3) is 0.333. The van der Waals surface area contributed by atoms with Crippen LogP contribution in [0.2, 0.25) is 0 Å². The average molecular weight is 397 g/mol. The van der Waals surface area contributed by atoms with Crippen LogP contribution in [0.25, 0.3) is 11.5 Å². The lowest BCUT2D eigenvalue weighted by Gasteiger charge is -2.22. The number of benzene rings is 1. The Balaban J connectivity index is 1.41. The number of ether oxygens (including phenoxy) is 2. The molecule has 0 saturated carbocycles. The molecule has 0 fully saturated rings. The van der Waals surface area contributed by atoms with Gasteiger partial charge in [0, 0.05) is 12.1 Å². The molecule has 1 aliphatic rings. The molecule has 1 aromatic carbocycles. The summed E-state index contributed by atoms with van der Waals surface area (Å²) in [6.45, 7) is 2.45. The van der Waals surface area contributed by atoms with Crippen molar-refractivity contribution >= 4 is 5.91 Å². The van der Waals surface area contributed by atoms with Crippen LogP contribution < -0.4 is 14.8 Å². The summed E-state index contributed by atoms with van der Waals surface area (Å²) in [5.41, 5.74) is 1.38. The number of rotatable bonds is 7. The zero-order valence-electron chi connectivity index (χ0n) is 16.6. The largest absolute Gasteiger partial charge is 0.468 e. The van der Waals surface area contributed by atoms with E-state index >= 15 is 0 Å². The zero-order valence-corrected chi connectivity index (χ0v) is 16.6. The second kappa shape index (κ2) is 8.00. The van der Waals surface area contributed by atoms with E-state index in [1.54, 1.807) is 13.2 Å². The molecule has 1 amide bonds. The summed E-state index contributed by atoms with van der Waals surface area (Å²) in [6.07, 6.45) is 1.77. The van der Waals surface area contributed by atoms with Gasteiger partial charge in [-0.2, -0.15) is 0 Å². The summed E-state index contributed by atoms with van der Waals surface area (Å²) in [5.74, 6) is 3.09. The number of hydrogen-bond acceptors (Lipinski definition) is 7. The highest BCUT2D eigenvalue weighted by Crippen LogP contribution is 2.36. The predicted molar refractivity (Wildman–Crippen MR) is 105 cm³/mol. The second-order valence-electron chi connectivity index (χ2n) is 7.07. The molecule has 0 bridgehead atoms. The lowest BCUT2D eigenvalue weighted by molar-refractivity contribution is -0.120. The molecule has 0 spiro atoms. The molecular formula is C21H23N3O5. The van der Waals surface area contributed by atoms with Crippen molar-refractivity contribution in [2.24, 2.45) is 0 Å². The smallest absolute Gasteiger partial charge is 0.231 e. The summed E-state index contributed by atoms with van der Waals surface area (Å²) in [6, 6.07) is 9.19. The molecule has 1 N–H and O–H groups in total. The van der Waals surface area contributed by atoms with E-state index < -0.39 is 0 Å². The topological polar surface area (TPSA) is 90.0 Å². The van der Waals surface area contributed by atoms with E-state index in [1.807, 2.05) is 49.3 Å². The van der Waals surface area contributed by atoms with E-state index in [0.717, 1.165) is 11.3 Å². The Labute approximate surface area is 168 Å². The number of furan rings is 1. The average Bonchev–Trinajstić information content (AvgIpc) is 3.43. The van der Waals surface area contributed by atoms with Gasteiger partial charge in [0.1, 0.15) is 11.5 Å². The minimum atomic E-state index is -0.128. The molecule has 2 aromatic heterocycles. The lowest BCUT2D eigenvalue weighted by Crippen LogP contribution is -2.35. The number of carbonyl (C=O) groups is 1. The van der Waals surface area contributed by atoms with Gasteiger partial charge in [-0.25, -0.2) is 4.98 Å². The van der Waals surface area contributed by atoms with Crippen LogP contribution in [-0.2, 0) is 11.2 Å². The molecule has 0 saturated heterocycles. The van der Waals surface area contributed by atoms with Gasteiger partial charge in [0.2, 0.25) is 18.6 Å². The van der Waals surface area contributed by atoms with Gasteiger partial charge in [-0.3, -0.25) is 9.69 Å². The Morgan fingerprint density at radius 3 is 2.83 bits per heavy atom. The van der Waals surface area contributed by atoms with E-state index in [0.29, 0.717) is 35.4 Å². The quantitative estimate of drug-likeness (QED) is 0.655. The van der Waals surface area contributed by atoms with Gasteiger partial charge >= 0.3 is 0 Å². The van der Waals surface area contributed by atoms with E-state index in [9.17, 15) is 4.79 Å². The standard InChI is InChI=1S/C21H23N3O5/c1-13-15(10-20(25)22-11-16(24(2)3)17-5-4-8-26-17)23-21(29-13)14-6-7-18-19(9-14)28-12-27-18/h4-9,16H,10-12H2,1-3H3,(H,22,25). The van der Waals surface area contributed by atoms with Gasteiger partial charge in [0.25, 0.3) is 0 Å². The Morgan fingerprint density at radius 1 is 1.24 bits per heavy atom. The van der Waals surface area contributed by atoms with Gasteiger partial charge in [0.15, 0.2) is 11.5 Å². The Bertz CT molecular complexity index is 994. The molecule has 8 nitrogen and oxygen atoms in total. The molecule has 29 heavy (non-hydrogen) atoms. The van der Waals surface area contributed by atoms with Gasteiger partial charge in [-0.1, -0.05) is 0 Å². The van der Waals surface area contributed by atoms with Crippen molar-refractivity contribution in [1.82, 2.24) is 15.2 Å². The minimum absolute atomic E-state index is 0.0449. The SMILES string of the molecule is Cc1oc(-c2ccc3c(c2)OCO3)nc1CC(=O)NCC(c1ccco1)N(C)C.